The van der Waals surface area contributed by atoms with Gasteiger partial charge in [-0.2, -0.15) is 0 Å². The van der Waals surface area contributed by atoms with Gasteiger partial charge in [-0.1, -0.05) is 25.2 Å². The summed E-state index contributed by atoms with van der Waals surface area (Å²) in [7, 11) is 0. The fourth-order valence-corrected chi connectivity index (χ4v) is 2.75. The molecule has 3 rings (SSSR count). The fourth-order valence-electron chi connectivity index (χ4n) is 2.35. The van der Waals surface area contributed by atoms with Crippen LogP contribution >= 0.6 is 11.3 Å². The van der Waals surface area contributed by atoms with Gasteiger partial charge in [0.05, 0.1) is 5.69 Å². The molecule has 0 aromatic carbocycles. The molecule has 0 unspecified atom stereocenters. The van der Waals surface area contributed by atoms with Crippen molar-refractivity contribution in [2.45, 2.75) is 26.7 Å². The molecule has 5 heteroatoms. The highest BCUT2D eigenvalue weighted by molar-refractivity contribution is 7.09. The SMILES string of the molecule is CC1(C)CC(=O)c2ccc(C#Cc3nncs3)nc2C1. The van der Waals surface area contributed by atoms with Crippen molar-refractivity contribution in [3.8, 4) is 11.8 Å². The predicted octanol–water partition coefficient (Wildman–Crippen LogP) is 2.49. The Balaban J connectivity index is 1.95. The Labute approximate surface area is 121 Å². The zero-order valence-corrected chi connectivity index (χ0v) is 12.1. The lowest BCUT2D eigenvalue weighted by Crippen LogP contribution is -2.28. The van der Waals surface area contributed by atoms with Gasteiger partial charge in [0, 0.05) is 12.0 Å². The molecule has 0 aliphatic heterocycles. The molecule has 20 heavy (non-hydrogen) atoms. The summed E-state index contributed by atoms with van der Waals surface area (Å²) >= 11 is 1.39. The summed E-state index contributed by atoms with van der Waals surface area (Å²) in [5.74, 6) is 6.08. The van der Waals surface area contributed by atoms with Crippen LogP contribution in [0.1, 0.15) is 47.0 Å². The Bertz CT molecular complexity index is 723. The first-order valence-corrected chi connectivity index (χ1v) is 7.23. The first kappa shape index (κ1) is 12.9. The number of hydrogen-bond donors (Lipinski definition) is 0. The van der Waals surface area contributed by atoms with Crippen LogP contribution in [-0.4, -0.2) is 21.0 Å². The molecule has 1 aliphatic carbocycles. The standard InChI is InChI=1S/C15H13N3OS/c1-15(2)7-12-11(13(19)8-15)5-3-10(17-12)4-6-14-18-16-9-20-14/h3,5,9H,7-8H2,1-2H3. The molecular weight excluding hydrogens is 270 g/mol. The third kappa shape index (κ3) is 2.61. The van der Waals surface area contributed by atoms with Crippen LogP contribution in [0.15, 0.2) is 17.6 Å². The molecule has 0 saturated carbocycles. The third-order valence-electron chi connectivity index (χ3n) is 3.22. The maximum atomic E-state index is 12.1. The number of ketones is 1. The van der Waals surface area contributed by atoms with E-state index in [9.17, 15) is 4.79 Å². The van der Waals surface area contributed by atoms with Gasteiger partial charge in [-0.25, -0.2) is 4.98 Å². The number of carbonyl (C=O) groups is 1. The van der Waals surface area contributed by atoms with Gasteiger partial charge in [0.25, 0.3) is 0 Å². The normalized spacial score (nSPS) is 16.2. The second kappa shape index (κ2) is 4.80. The molecule has 0 amide bonds. The van der Waals surface area contributed by atoms with Crippen LogP contribution < -0.4 is 0 Å². The minimum Gasteiger partial charge on any atom is -0.294 e. The van der Waals surface area contributed by atoms with Crippen LogP contribution in [0.25, 0.3) is 0 Å². The number of rotatable bonds is 0. The van der Waals surface area contributed by atoms with E-state index in [1.807, 2.05) is 6.07 Å². The number of aromatic nitrogens is 3. The number of pyridine rings is 1. The lowest BCUT2D eigenvalue weighted by atomic mass is 9.75. The van der Waals surface area contributed by atoms with Gasteiger partial charge in [-0.05, 0) is 35.8 Å². The fraction of sp³-hybridized carbons (Fsp3) is 0.333. The molecule has 100 valence electrons. The van der Waals surface area contributed by atoms with Crippen molar-refractivity contribution >= 4 is 17.1 Å². The number of fused-ring (bicyclic) bond motifs is 1. The Hall–Kier alpha value is -2.06. The van der Waals surface area contributed by atoms with E-state index in [1.54, 1.807) is 11.6 Å². The van der Waals surface area contributed by atoms with E-state index in [0.717, 1.165) is 17.7 Å². The van der Waals surface area contributed by atoms with Crippen LogP contribution in [0.2, 0.25) is 0 Å². The van der Waals surface area contributed by atoms with E-state index in [2.05, 4.69) is 40.9 Å². The number of carbonyl (C=O) groups excluding carboxylic acids is 1. The topological polar surface area (TPSA) is 55.7 Å². The summed E-state index contributed by atoms with van der Waals surface area (Å²) < 4.78 is 0. The molecule has 2 aromatic rings. The Morgan fingerprint density at radius 1 is 1.25 bits per heavy atom. The lowest BCUT2D eigenvalue weighted by Gasteiger charge is -2.29. The minimum absolute atomic E-state index is 0.0254. The van der Waals surface area contributed by atoms with Crippen molar-refractivity contribution < 1.29 is 4.79 Å². The van der Waals surface area contributed by atoms with Crippen LogP contribution in [0.5, 0.6) is 0 Å². The molecule has 0 fully saturated rings. The van der Waals surface area contributed by atoms with Gasteiger partial charge in [0.2, 0.25) is 0 Å². The Morgan fingerprint density at radius 3 is 2.85 bits per heavy atom. The van der Waals surface area contributed by atoms with Crippen molar-refractivity contribution in [3.05, 3.63) is 39.6 Å². The number of hydrogen-bond acceptors (Lipinski definition) is 5. The van der Waals surface area contributed by atoms with Gasteiger partial charge < -0.3 is 0 Å². The zero-order chi connectivity index (χ0) is 14.2. The maximum absolute atomic E-state index is 12.1. The second-order valence-corrected chi connectivity index (χ2v) is 6.46. The molecule has 0 atom stereocenters. The smallest absolute Gasteiger partial charge is 0.191 e. The predicted molar refractivity (Wildman–Crippen MR) is 76.6 cm³/mol. The molecule has 0 N–H and O–H groups in total. The lowest BCUT2D eigenvalue weighted by molar-refractivity contribution is 0.0910. The second-order valence-electron chi connectivity index (χ2n) is 5.63. The third-order valence-corrected chi connectivity index (χ3v) is 3.82. The van der Waals surface area contributed by atoms with Crippen LogP contribution in [0.4, 0.5) is 0 Å². The number of nitrogens with zero attached hydrogens (tertiary/aromatic N) is 3. The number of Topliss-reactive ketones (excluding diaryl/α,β-unsaturated/α-hetero) is 1. The largest absolute Gasteiger partial charge is 0.294 e. The minimum atomic E-state index is -0.0254. The summed E-state index contributed by atoms with van der Waals surface area (Å²) in [6.07, 6.45) is 1.39. The summed E-state index contributed by atoms with van der Waals surface area (Å²) in [4.78, 5) is 16.6. The highest BCUT2D eigenvalue weighted by Gasteiger charge is 2.31. The van der Waals surface area contributed by atoms with Crippen molar-refractivity contribution in [2.75, 3.05) is 0 Å². The molecular formula is C15H13N3OS. The monoisotopic (exact) mass is 283 g/mol. The molecule has 0 spiro atoms. The molecule has 2 heterocycles. The first-order valence-electron chi connectivity index (χ1n) is 6.35. The molecule has 1 aliphatic rings. The molecule has 2 aromatic heterocycles. The van der Waals surface area contributed by atoms with Gasteiger partial charge in [-0.15, -0.1) is 10.2 Å². The average Bonchev–Trinajstić information content (AvgIpc) is 2.87. The van der Waals surface area contributed by atoms with Crippen molar-refractivity contribution in [1.82, 2.24) is 15.2 Å². The van der Waals surface area contributed by atoms with Crippen molar-refractivity contribution in [2.24, 2.45) is 5.41 Å². The van der Waals surface area contributed by atoms with E-state index in [4.69, 9.17) is 0 Å². The van der Waals surface area contributed by atoms with Gasteiger partial charge in [-0.3, -0.25) is 4.79 Å². The molecule has 0 saturated heterocycles. The summed E-state index contributed by atoms with van der Waals surface area (Å²) in [6.45, 7) is 4.18. The quantitative estimate of drug-likeness (QED) is 0.697. The zero-order valence-electron chi connectivity index (χ0n) is 11.3. The summed E-state index contributed by atoms with van der Waals surface area (Å²) in [6, 6.07) is 3.63. The van der Waals surface area contributed by atoms with Gasteiger partial charge in [0.15, 0.2) is 10.8 Å². The highest BCUT2D eigenvalue weighted by atomic mass is 32.1. The van der Waals surface area contributed by atoms with Gasteiger partial charge >= 0.3 is 0 Å². The van der Waals surface area contributed by atoms with Crippen molar-refractivity contribution in [3.63, 3.8) is 0 Å². The van der Waals surface area contributed by atoms with Crippen LogP contribution in [0, 0.1) is 17.3 Å². The van der Waals surface area contributed by atoms with E-state index >= 15 is 0 Å². The van der Waals surface area contributed by atoms with E-state index in [1.165, 1.54) is 11.3 Å². The summed E-state index contributed by atoms with van der Waals surface area (Å²) in [5, 5.41) is 8.27. The van der Waals surface area contributed by atoms with Crippen LogP contribution in [0.3, 0.4) is 0 Å². The highest BCUT2D eigenvalue weighted by Crippen LogP contribution is 2.33. The first-order chi connectivity index (χ1) is 9.53. The molecule has 4 nitrogen and oxygen atoms in total. The van der Waals surface area contributed by atoms with Crippen LogP contribution in [-0.2, 0) is 6.42 Å². The van der Waals surface area contributed by atoms with Crippen molar-refractivity contribution in [1.29, 1.82) is 0 Å². The Morgan fingerprint density at radius 2 is 2.10 bits per heavy atom. The van der Waals surface area contributed by atoms with E-state index in [0.29, 0.717) is 17.1 Å². The summed E-state index contributed by atoms with van der Waals surface area (Å²) in [5.41, 5.74) is 3.89. The maximum Gasteiger partial charge on any atom is 0.191 e. The molecule has 0 radical (unpaired) electrons. The van der Waals surface area contributed by atoms with E-state index < -0.39 is 0 Å². The van der Waals surface area contributed by atoms with E-state index in [-0.39, 0.29) is 11.2 Å². The average molecular weight is 283 g/mol. The molecule has 0 bridgehead atoms. The van der Waals surface area contributed by atoms with Gasteiger partial charge in [0.1, 0.15) is 11.2 Å². The Kier molecular flexibility index (Phi) is 3.11.